The monoisotopic (exact) mass is 207 g/mol. The van der Waals surface area contributed by atoms with Gasteiger partial charge in [-0.2, -0.15) is 0 Å². The van der Waals surface area contributed by atoms with Gasteiger partial charge in [-0.1, -0.05) is 0 Å². The van der Waals surface area contributed by atoms with Crippen molar-refractivity contribution in [1.29, 1.82) is 0 Å². The average Bonchev–Trinajstić information content (AvgIpc) is 2.62. The minimum Gasteiger partial charge on any atom is -0.448 e. The highest BCUT2D eigenvalue weighted by molar-refractivity contribution is 6.18. The number of methoxy groups -OCH3 is 1. The molecule has 0 aromatic heterocycles. The van der Waals surface area contributed by atoms with Gasteiger partial charge in [0.05, 0.1) is 18.5 Å². The molecule has 1 aliphatic heterocycles. The van der Waals surface area contributed by atoms with Crippen LogP contribution in [-0.2, 0) is 9.47 Å². The van der Waals surface area contributed by atoms with E-state index in [0.29, 0.717) is 19.0 Å². The van der Waals surface area contributed by atoms with E-state index in [1.165, 1.54) is 0 Å². The van der Waals surface area contributed by atoms with Crippen molar-refractivity contribution in [3.8, 4) is 0 Å². The fourth-order valence-corrected chi connectivity index (χ4v) is 1.38. The number of carbonyl (C=O) groups excluding carboxylic acids is 1. The van der Waals surface area contributed by atoms with E-state index in [9.17, 15) is 4.79 Å². The van der Waals surface area contributed by atoms with Gasteiger partial charge >= 0.3 is 6.09 Å². The third kappa shape index (κ3) is 3.04. The van der Waals surface area contributed by atoms with E-state index >= 15 is 0 Å². The average molecular weight is 208 g/mol. The van der Waals surface area contributed by atoms with Crippen LogP contribution in [0.5, 0.6) is 0 Å². The largest absolute Gasteiger partial charge is 0.448 e. The highest BCUT2D eigenvalue weighted by atomic mass is 35.5. The molecule has 0 aromatic carbocycles. The molecule has 1 unspecified atom stereocenters. The summed E-state index contributed by atoms with van der Waals surface area (Å²) < 4.78 is 9.99. The summed E-state index contributed by atoms with van der Waals surface area (Å²) in [7, 11) is 1.65. The normalized spacial score (nSPS) is 22.0. The SMILES string of the molecule is COC1CCN(C(=O)OCCCl)C1. The van der Waals surface area contributed by atoms with Crippen LogP contribution < -0.4 is 0 Å². The second-order valence-corrected chi connectivity index (χ2v) is 3.27. The van der Waals surface area contributed by atoms with Gasteiger partial charge in [-0.15, -0.1) is 11.6 Å². The number of ether oxygens (including phenoxy) is 2. The Balaban J connectivity index is 2.25. The zero-order valence-corrected chi connectivity index (χ0v) is 8.42. The summed E-state index contributed by atoms with van der Waals surface area (Å²) in [5.41, 5.74) is 0. The van der Waals surface area contributed by atoms with E-state index in [1.807, 2.05) is 0 Å². The minimum atomic E-state index is -0.291. The number of hydrogen-bond donors (Lipinski definition) is 0. The fourth-order valence-electron chi connectivity index (χ4n) is 1.30. The number of alkyl halides is 1. The van der Waals surface area contributed by atoms with Gasteiger partial charge in [0, 0.05) is 13.7 Å². The standard InChI is InChI=1S/C8H14ClNO3/c1-12-7-2-4-10(6-7)8(11)13-5-3-9/h7H,2-6H2,1H3. The molecule has 0 radical (unpaired) electrons. The summed E-state index contributed by atoms with van der Waals surface area (Å²) in [6, 6.07) is 0. The Morgan fingerprint density at radius 1 is 1.69 bits per heavy atom. The van der Waals surface area contributed by atoms with E-state index in [-0.39, 0.29) is 18.8 Å². The maximum atomic E-state index is 11.3. The van der Waals surface area contributed by atoms with Crippen LogP contribution in [0.25, 0.3) is 0 Å². The quantitative estimate of drug-likeness (QED) is 0.651. The molecule has 1 rings (SSSR count). The van der Waals surface area contributed by atoms with Crippen LogP contribution in [0.15, 0.2) is 0 Å². The molecule has 0 aromatic rings. The van der Waals surface area contributed by atoms with E-state index in [0.717, 1.165) is 6.42 Å². The molecular formula is C8H14ClNO3. The number of halogens is 1. The molecular weight excluding hydrogens is 194 g/mol. The highest BCUT2D eigenvalue weighted by Gasteiger charge is 2.26. The first-order chi connectivity index (χ1) is 6.27. The third-order valence-electron chi connectivity index (χ3n) is 2.04. The van der Waals surface area contributed by atoms with Crippen LogP contribution >= 0.6 is 11.6 Å². The Hall–Kier alpha value is -0.480. The number of likely N-dealkylation sites (tertiary alicyclic amines) is 1. The highest BCUT2D eigenvalue weighted by Crippen LogP contribution is 2.12. The van der Waals surface area contributed by atoms with Crippen molar-refractivity contribution in [2.45, 2.75) is 12.5 Å². The van der Waals surface area contributed by atoms with E-state index < -0.39 is 0 Å². The molecule has 1 atom stereocenters. The second-order valence-electron chi connectivity index (χ2n) is 2.90. The van der Waals surface area contributed by atoms with Crippen LogP contribution in [-0.4, -0.2) is 49.8 Å². The molecule has 1 saturated heterocycles. The lowest BCUT2D eigenvalue weighted by Crippen LogP contribution is -2.30. The van der Waals surface area contributed by atoms with Gasteiger partial charge in [0.1, 0.15) is 6.61 Å². The van der Waals surface area contributed by atoms with Gasteiger partial charge in [0.25, 0.3) is 0 Å². The zero-order valence-electron chi connectivity index (χ0n) is 7.66. The first kappa shape index (κ1) is 10.6. The zero-order chi connectivity index (χ0) is 9.68. The summed E-state index contributed by atoms with van der Waals surface area (Å²) in [4.78, 5) is 12.9. The minimum absolute atomic E-state index is 0.156. The summed E-state index contributed by atoms with van der Waals surface area (Å²) in [6.45, 7) is 1.60. The third-order valence-corrected chi connectivity index (χ3v) is 2.19. The fraction of sp³-hybridized carbons (Fsp3) is 0.875. The van der Waals surface area contributed by atoms with Gasteiger partial charge in [-0.3, -0.25) is 0 Å². The number of carbonyl (C=O) groups is 1. The Labute approximate surface area is 82.7 Å². The Kier molecular flexibility index (Phi) is 4.32. The number of hydrogen-bond acceptors (Lipinski definition) is 3. The van der Waals surface area contributed by atoms with E-state index in [2.05, 4.69) is 0 Å². The molecule has 1 heterocycles. The van der Waals surface area contributed by atoms with Crippen molar-refractivity contribution in [2.75, 3.05) is 32.7 Å². The summed E-state index contributed by atoms with van der Waals surface area (Å²) in [6.07, 6.45) is 0.746. The van der Waals surface area contributed by atoms with Crippen molar-refractivity contribution >= 4 is 17.7 Å². The first-order valence-electron chi connectivity index (χ1n) is 4.28. The molecule has 1 aliphatic rings. The maximum Gasteiger partial charge on any atom is 0.409 e. The Morgan fingerprint density at radius 2 is 2.46 bits per heavy atom. The Bertz CT molecular complexity index is 177. The van der Waals surface area contributed by atoms with Crippen LogP contribution in [0.2, 0.25) is 0 Å². The molecule has 4 nitrogen and oxygen atoms in total. The molecule has 13 heavy (non-hydrogen) atoms. The van der Waals surface area contributed by atoms with Gasteiger partial charge in [0.2, 0.25) is 0 Å². The number of amides is 1. The van der Waals surface area contributed by atoms with Crippen molar-refractivity contribution in [1.82, 2.24) is 4.90 Å². The summed E-state index contributed by atoms with van der Waals surface area (Å²) >= 11 is 5.39. The molecule has 1 fully saturated rings. The second kappa shape index (κ2) is 5.29. The van der Waals surface area contributed by atoms with Crippen LogP contribution in [0.4, 0.5) is 4.79 Å². The van der Waals surface area contributed by atoms with Gasteiger partial charge in [-0.05, 0) is 6.42 Å². The molecule has 0 saturated carbocycles. The molecule has 0 bridgehead atoms. The van der Waals surface area contributed by atoms with Crippen molar-refractivity contribution < 1.29 is 14.3 Å². The predicted molar refractivity (Wildman–Crippen MR) is 49.1 cm³/mol. The van der Waals surface area contributed by atoms with Crippen LogP contribution in [0.1, 0.15) is 6.42 Å². The molecule has 0 spiro atoms. The lowest BCUT2D eigenvalue weighted by atomic mass is 10.3. The van der Waals surface area contributed by atoms with Crippen molar-refractivity contribution in [3.63, 3.8) is 0 Å². The van der Waals surface area contributed by atoms with Gasteiger partial charge < -0.3 is 14.4 Å². The first-order valence-corrected chi connectivity index (χ1v) is 4.82. The molecule has 1 amide bonds. The van der Waals surface area contributed by atoms with Gasteiger partial charge in [-0.25, -0.2) is 4.79 Å². The topological polar surface area (TPSA) is 38.8 Å². The number of nitrogens with zero attached hydrogens (tertiary/aromatic N) is 1. The molecule has 0 aliphatic carbocycles. The molecule has 76 valence electrons. The Morgan fingerprint density at radius 3 is 3.00 bits per heavy atom. The van der Waals surface area contributed by atoms with E-state index in [1.54, 1.807) is 12.0 Å². The summed E-state index contributed by atoms with van der Waals surface area (Å²) in [5, 5.41) is 0. The van der Waals surface area contributed by atoms with E-state index in [4.69, 9.17) is 21.1 Å². The lowest BCUT2D eigenvalue weighted by molar-refractivity contribution is 0.0910. The van der Waals surface area contributed by atoms with Crippen LogP contribution in [0.3, 0.4) is 0 Å². The summed E-state index contributed by atoms with van der Waals surface area (Å²) in [5.74, 6) is 0.341. The van der Waals surface area contributed by atoms with Crippen LogP contribution in [0, 0.1) is 0 Å². The van der Waals surface area contributed by atoms with Crippen molar-refractivity contribution in [3.05, 3.63) is 0 Å². The smallest absolute Gasteiger partial charge is 0.409 e. The lowest BCUT2D eigenvalue weighted by Gasteiger charge is -2.15. The molecule has 0 N–H and O–H groups in total. The van der Waals surface area contributed by atoms with Crippen molar-refractivity contribution in [2.24, 2.45) is 0 Å². The molecule has 5 heteroatoms. The number of rotatable bonds is 3. The van der Waals surface area contributed by atoms with Gasteiger partial charge in [0.15, 0.2) is 0 Å². The maximum absolute atomic E-state index is 11.3. The predicted octanol–water partition coefficient (Wildman–Crippen LogP) is 1.08.